The second-order valence-electron chi connectivity index (χ2n) is 8.39. The lowest BCUT2D eigenvalue weighted by atomic mass is 9.82. The van der Waals surface area contributed by atoms with Gasteiger partial charge in [0.05, 0.1) is 29.5 Å². The van der Waals surface area contributed by atoms with E-state index in [1.54, 1.807) is 0 Å². The molecule has 4 aromatic rings. The van der Waals surface area contributed by atoms with Gasteiger partial charge in [-0.05, 0) is 47.9 Å². The predicted octanol–water partition coefficient (Wildman–Crippen LogP) is 5.55. The third-order valence-corrected chi connectivity index (χ3v) is 7.30. The maximum atomic E-state index is 13.5. The van der Waals surface area contributed by atoms with Crippen LogP contribution in [-0.4, -0.2) is 30.0 Å². The summed E-state index contributed by atoms with van der Waals surface area (Å²) in [5, 5.41) is 0. The Hall–Kier alpha value is -4.13. The molecular formula is C25H17F5N4O3S. The first-order valence-electron chi connectivity index (χ1n) is 11.1. The van der Waals surface area contributed by atoms with Crippen LogP contribution in [0.15, 0.2) is 72.0 Å². The molecule has 0 saturated carbocycles. The van der Waals surface area contributed by atoms with E-state index in [4.69, 9.17) is 4.74 Å². The molecule has 2 aromatic heterocycles. The monoisotopic (exact) mass is 548 g/mol. The number of ether oxygens (including phenoxy) is 1. The van der Waals surface area contributed by atoms with Crippen molar-refractivity contribution in [2.45, 2.75) is 23.4 Å². The summed E-state index contributed by atoms with van der Waals surface area (Å²) >= 11 is 0. The maximum Gasteiger partial charge on any atom is 0.416 e. The zero-order valence-electron chi connectivity index (χ0n) is 19.2. The highest BCUT2D eigenvalue weighted by Crippen LogP contribution is 2.44. The molecule has 13 heteroatoms. The summed E-state index contributed by atoms with van der Waals surface area (Å²) in [6, 6.07) is 9.85. The van der Waals surface area contributed by atoms with Gasteiger partial charge in [-0.15, -0.1) is 0 Å². The first-order chi connectivity index (χ1) is 18.0. The number of anilines is 1. The molecule has 0 radical (unpaired) electrons. The van der Waals surface area contributed by atoms with Gasteiger partial charge in [-0.25, -0.2) is 32.5 Å². The molecule has 196 valence electrons. The minimum absolute atomic E-state index is 0.164. The van der Waals surface area contributed by atoms with Crippen LogP contribution in [0.25, 0.3) is 11.1 Å². The van der Waals surface area contributed by atoms with Crippen LogP contribution in [0.4, 0.5) is 27.9 Å². The Morgan fingerprint density at radius 2 is 1.63 bits per heavy atom. The van der Waals surface area contributed by atoms with E-state index >= 15 is 0 Å². The number of rotatable bonds is 5. The number of alkyl halides is 3. The molecule has 0 bridgehead atoms. The van der Waals surface area contributed by atoms with Gasteiger partial charge in [0, 0.05) is 29.3 Å². The van der Waals surface area contributed by atoms with Crippen LogP contribution in [-0.2, 0) is 16.2 Å². The number of fused-ring (bicyclic) bond motifs is 1. The van der Waals surface area contributed by atoms with Crippen LogP contribution in [0.2, 0.25) is 0 Å². The quantitative estimate of drug-likeness (QED) is 0.260. The van der Waals surface area contributed by atoms with Crippen LogP contribution in [0, 0.1) is 11.8 Å². The van der Waals surface area contributed by atoms with Crippen molar-refractivity contribution in [3.8, 4) is 16.9 Å². The van der Waals surface area contributed by atoms with Crippen molar-refractivity contribution < 1.29 is 35.1 Å². The Morgan fingerprint density at radius 1 is 0.895 bits per heavy atom. The molecular weight excluding hydrogens is 531 g/mol. The maximum absolute atomic E-state index is 13.5. The minimum Gasteiger partial charge on any atom is -0.493 e. The molecule has 0 fully saturated rings. The van der Waals surface area contributed by atoms with E-state index in [-0.39, 0.29) is 28.8 Å². The number of hydrogen-bond donors (Lipinski definition) is 1. The third-order valence-electron chi connectivity index (χ3n) is 5.98. The highest BCUT2D eigenvalue weighted by atomic mass is 32.2. The highest BCUT2D eigenvalue weighted by molar-refractivity contribution is 7.92. The average molecular weight is 548 g/mol. The largest absolute Gasteiger partial charge is 0.493 e. The Labute approximate surface area is 213 Å². The van der Waals surface area contributed by atoms with Crippen molar-refractivity contribution in [2.24, 2.45) is 0 Å². The Bertz CT molecular complexity index is 1600. The minimum atomic E-state index is -4.60. The standard InChI is InChI=1S/C25H17F5N4O3S/c26-16-12-32-24(33-13-16)34-38(35,36)17-3-5-20-19(7-8-37-22(20)10-17)18-4-2-15(25(28,29)30)9-21(18)14-1-6-23(27)31-11-14/h1-6,9-13,19H,7-8H2,(H,32,33,34). The molecule has 0 spiro atoms. The lowest BCUT2D eigenvalue weighted by Gasteiger charge is -2.29. The first-order valence-corrected chi connectivity index (χ1v) is 12.6. The van der Waals surface area contributed by atoms with Gasteiger partial charge in [0.25, 0.3) is 10.0 Å². The fraction of sp³-hybridized carbons (Fsp3) is 0.160. The topological polar surface area (TPSA) is 94.1 Å². The summed E-state index contributed by atoms with van der Waals surface area (Å²) in [7, 11) is -4.17. The average Bonchev–Trinajstić information content (AvgIpc) is 2.89. The predicted molar refractivity (Wildman–Crippen MR) is 126 cm³/mol. The molecule has 1 aliphatic heterocycles. The van der Waals surface area contributed by atoms with Crippen LogP contribution in [0.1, 0.15) is 29.0 Å². The summed E-state index contributed by atoms with van der Waals surface area (Å²) < 4.78 is 101. The molecule has 1 aliphatic rings. The van der Waals surface area contributed by atoms with E-state index in [0.717, 1.165) is 36.8 Å². The van der Waals surface area contributed by atoms with Crippen molar-refractivity contribution in [3.05, 3.63) is 95.6 Å². The molecule has 5 rings (SSSR count). The summed E-state index contributed by atoms with van der Waals surface area (Å²) in [6.45, 7) is 0.164. The van der Waals surface area contributed by atoms with Gasteiger partial charge >= 0.3 is 6.18 Å². The number of sulfonamides is 1. The molecule has 2 aromatic carbocycles. The Balaban J connectivity index is 1.54. The number of halogens is 5. The molecule has 1 N–H and O–H groups in total. The van der Waals surface area contributed by atoms with E-state index in [9.17, 15) is 30.4 Å². The summed E-state index contributed by atoms with van der Waals surface area (Å²) in [4.78, 5) is 10.6. The number of nitrogens with zero attached hydrogens (tertiary/aromatic N) is 3. The van der Waals surface area contributed by atoms with Gasteiger partial charge in [-0.1, -0.05) is 12.1 Å². The van der Waals surface area contributed by atoms with Gasteiger partial charge in [0.1, 0.15) is 5.75 Å². The van der Waals surface area contributed by atoms with Gasteiger partial charge in [-0.3, -0.25) is 0 Å². The van der Waals surface area contributed by atoms with E-state index in [0.29, 0.717) is 23.1 Å². The van der Waals surface area contributed by atoms with Crippen molar-refractivity contribution in [1.29, 1.82) is 0 Å². The Morgan fingerprint density at radius 3 is 2.32 bits per heavy atom. The molecule has 1 unspecified atom stereocenters. The lowest BCUT2D eigenvalue weighted by molar-refractivity contribution is -0.137. The molecule has 38 heavy (non-hydrogen) atoms. The zero-order chi connectivity index (χ0) is 27.1. The normalized spacial score (nSPS) is 15.4. The number of aromatic nitrogens is 3. The zero-order valence-corrected chi connectivity index (χ0v) is 20.0. The van der Waals surface area contributed by atoms with E-state index in [2.05, 4.69) is 19.7 Å². The fourth-order valence-corrected chi connectivity index (χ4v) is 5.20. The van der Waals surface area contributed by atoms with Crippen molar-refractivity contribution >= 4 is 16.0 Å². The highest BCUT2D eigenvalue weighted by Gasteiger charge is 2.33. The van der Waals surface area contributed by atoms with Gasteiger partial charge in [0.15, 0.2) is 5.82 Å². The van der Waals surface area contributed by atoms with E-state index < -0.39 is 39.4 Å². The van der Waals surface area contributed by atoms with Crippen LogP contribution >= 0.6 is 0 Å². The molecule has 1 atom stereocenters. The van der Waals surface area contributed by atoms with Crippen LogP contribution < -0.4 is 9.46 Å². The third kappa shape index (κ3) is 5.14. The summed E-state index contributed by atoms with van der Waals surface area (Å²) in [6.07, 6.45) is -1.42. The lowest BCUT2D eigenvalue weighted by Crippen LogP contribution is -2.19. The SMILES string of the molecule is O=S(=O)(Nc1ncc(F)cn1)c1ccc2c(c1)OCCC2c1ccc(C(F)(F)F)cc1-c1ccc(F)nc1. The smallest absolute Gasteiger partial charge is 0.416 e. The van der Waals surface area contributed by atoms with Crippen LogP contribution in [0.3, 0.4) is 0 Å². The number of hydrogen-bond acceptors (Lipinski definition) is 6. The van der Waals surface area contributed by atoms with Gasteiger partial charge < -0.3 is 4.74 Å². The number of pyridine rings is 1. The first kappa shape index (κ1) is 25.5. The second kappa shape index (κ2) is 9.63. The van der Waals surface area contributed by atoms with Gasteiger partial charge in [-0.2, -0.15) is 17.6 Å². The van der Waals surface area contributed by atoms with Crippen LogP contribution in [0.5, 0.6) is 5.75 Å². The molecule has 0 aliphatic carbocycles. The van der Waals surface area contributed by atoms with Crippen molar-refractivity contribution in [1.82, 2.24) is 15.0 Å². The number of nitrogens with one attached hydrogen (secondary N) is 1. The molecule has 7 nitrogen and oxygen atoms in total. The fourth-order valence-electron chi connectivity index (χ4n) is 4.23. The summed E-state index contributed by atoms with van der Waals surface area (Å²) in [5.41, 5.74) is 0.720. The summed E-state index contributed by atoms with van der Waals surface area (Å²) in [5.74, 6) is -2.06. The Kier molecular flexibility index (Phi) is 6.47. The van der Waals surface area contributed by atoms with Gasteiger partial charge in [0.2, 0.25) is 11.9 Å². The van der Waals surface area contributed by atoms with E-state index in [1.165, 1.54) is 30.3 Å². The van der Waals surface area contributed by atoms with Crippen molar-refractivity contribution in [3.63, 3.8) is 0 Å². The second-order valence-corrected chi connectivity index (χ2v) is 10.1. The molecule has 0 saturated heterocycles. The number of benzene rings is 2. The molecule has 0 amide bonds. The van der Waals surface area contributed by atoms with E-state index in [1.807, 2.05) is 0 Å². The molecule has 3 heterocycles. The van der Waals surface area contributed by atoms with Crippen molar-refractivity contribution in [2.75, 3.05) is 11.3 Å².